The molecule has 1 saturated carbocycles. The van der Waals surface area contributed by atoms with E-state index in [4.69, 9.17) is 0 Å². The highest BCUT2D eigenvalue weighted by molar-refractivity contribution is 5.82. The van der Waals surface area contributed by atoms with E-state index in [1.54, 1.807) is 4.90 Å². The quantitative estimate of drug-likeness (QED) is 0.713. The summed E-state index contributed by atoms with van der Waals surface area (Å²) in [7, 11) is 0. The number of hydrogen-bond acceptors (Lipinski definition) is 3. The monoisotopic (exact) mass is 240 g/mol. The molecule has 1 heterocycles. The van der Waals surface area contributed by atoms with E-state index in [1.165, 1.54) is 0 Å². The van der Waals surface area contributed by atoms with Gasteiger partial charge in [-0.2, -0.15) is 0 Å². The molecule has 5 nitrogen and oxygen atoms in total. The molecule has 96 valence electrons. The number of carboxylic acids is 1. The molecule has 0 aromatic rings. The van der Waals surface area contributed by atoms with Gasteiger partial charge in [0.05, 0.1) is 0 Å². The number of carbonyl (C=O) groups is 2. The van der Waals surface area contributed by atoms with Gasteiger partial charge in [0.2, 0.25) is 6.41 Å². The predicted octanol–water partition coefficient (Wildman–Crippen LogP) is 0.545. The summed E-state index contributed by atoms with van der Waals surface area (Å²) in [4.78, 5) is 26.5. The van der Waals surface area contributed by atoms with Gasteiger partial charge in [0.1, 0.15) is 0 Å². The highest BCUT2D eigenvalue weighted by Gasteiger charge is 2.53. The lowest BCUT2D eigenvalue weighted by molar-refractivity contribution is -0.155. The zero-order valence-corrected chi connectivity index (χ0v) is 10.4. The molecule has 5 heteroatoms. The van der Waals surface area contributed by atoms with Gasteiger partial charge in [-0.05, 0) is 33.1 Å². The van der Waals surface area contributed by atoms with E-state index in [-0.39, 0.29) is 6.04 Å². The van der Waals surface area contributed by atoms with Crippen molar-refractivity contribution in [3.05, 3.63) is 0 Å². The zero-order chi connectivity index (χ0) is 12.6. The summed E-state index contributed by atoms with van der Waals surface area (Å²) in [6.45, 7) is 5.32. The first-order valence-electron chi connectivity index (χ1n) is 6.22. The van der Waals surface area contributed by atoms with Crippen LogP contribution in [0.25, 0.3) is 0 Å². The molecule has 1 aliphatic heterocycles. The van der Waals surface area contributed by atoms with Crippen LogP contribution in [0, 0.1) is 0 Å². The summed E-state index contributed by atoms with van der Waals surface area (Å²) in [6.07, 6.45) is 3.15. The number of nitrogens with zero attached hydrogens (tertiary/aromatic N) is 2. The largest absolute Gasteiger partial charge is 0.479 e. The lowest BCUT2D eigenvalue weighted by Gasteiger charge is -2.35. The average molecular weight is 240 g/mol. The van der Waals surface area contributed by atoms with Crippen LogP contribution in [0.1, 0.15) is 33.1 Å². The Labute approximate surface area is 101 Å². The minimum atomic E-state index is -0.993. The first-order valence-corrected chi connectivity index (χ1v) is 6.22. The number of aliphatic carboxylic acids is 1. The van der Waals surface area contributed by atoms with E-state index in [9.17, 15) is 14.7 Å². The van der Waals surface area contributed by atoms with Gasteiger partial charge >= 0.3 is 5.97 Å². The van der Waals surface area contributed by atoms with Gasteiger partial charge in [-0.15, -0.1) is 0 Å². The lowest BCUT2D eigenvalue weighted by atomic mass is 9.96. The van der Waals surface area contributed by atoms with Crippen LogP contribution >= 0.6 is 0 Å². The van der Waals surface area contributed by atoms with Crippen molar-refractivity contribution in [2.45, 2.75) is 50.7 Å². The Kier molecular flexibility index (Phi) is 3.12. The van der Waals surface area contributed by atoms with Gasteiger partial charge < -0.3 is 10.0 Å². The van der Waals surface area contributed by atoms with Crippen molar-refractivity contribution >= 4 is 12.4 Å². The fraction of sp³-hybridized carbons (Fsp3) is 0.833. The molecule has 1 unspecified atom stereocenters. The number of rotatable bonds is 5. The Hall–Kier alpha value is -1.10. The highest BCUT2D eigenvalue weighted by atomic mass is 16.4. The maximum absolute atomic E-state index is 11.6. The summed E-state index contributed by atoms with van der Waals surface area (Å²) >= 11 is 0. The van der Waals surface area contributed by atoms with E-state index in [2.05, 4.69) is 18.7 Å². The van der Waals surface area contributed by atoms with Gasteiger partial charge in [-0.1, -0.05) is 0 Å². The first kappa shape index (κ1) is 12.4. The second-order valence-corrected chi connectivity index (χ2v) is 5.39. The van der Waals surface area contributed by atoms with Crippen LogP contribution < -0.4 is 0 Å². The lowest BCUT2D eigenvalue weighted by Crippen LogP contribution is -2.57. The average Bonchev–Trinajstić information content (AvgIpc) is 2.97. The van der Waals surface area contributed by atoms with Crippen molar-refractivity contribution in [1.29, 1.82) is 0 Å². The molecule has 0 aromatic heterocycles. The molecule has 0 radical (unpaired) electrons. The summed E-state index contributed by atoms with van der Waals surface area (Å²) in [6, 6.07) is 0.472. The summed E-state index contributed by atoms with van der Waals surface area (Å²) in [5, 5.41) is 9.51. The first-order chi connectivity index (χ1) is 8.01. The Balaban J connectivity index is 2.21. The predicted molar refractivity (Wildman–Crippen MR) is 62.6 cm³/mol. The van der Waals surface area contributed by atoms with Crippen molar-refractivity contribution in [3.8, 4) is 0 Å². The zero-order valence-electron chi connectivity index (χ0n) is 10.4. The van der Waals surface area contributed by atoms with Crippen molar-refractivity contribution in [2.24, 2.45) is 0 Å². The molecule has 0 aromatic carbocycles. The number of hydrogen-bond donors (Lipinski definition) is 1. The molecule has 2 fully saturated rings. The molecule has 0 spiro atoms. The van der Waals surface area contributed by atoms with Crippen molar-refractivity contribution in [1.82, 2.24) is 9.80 Å². The molecule has 1 amide bonds. The molecule has 0 bridgehead atoms. The molecular weight excluding hydrogens is 220 g/mol. The van der Waals surface area contributed by atoms with Gasteiger partial charge in [-0.3, -0.25) is 9.69 Å². The van der Waals surface area contributed by atoms with Crippen LogP contribution in [-0.4, -0.2) is 58.0 Å². The number of amides is 1. The van der Waals surface area contributed by atoms with Gasteiger partial charge in [0, 0.05) is 25.2 Å². The fourth-order valence-corrected chi connectivity index (χ4v) is 2.65. The second-order valence-electron chi connectivity index (χ2n) is 5.39. The topological polar surface area (TPSA) is 60.9 Å². The summed E-state index contributed by atoms with van der Waals surface area (Å²) in [5.41, 5.74) is -0.993. The van der Waals surface area contributed by atoms with E-state index in [1.807, 2.05) is 0 Å². The number of carboxylic acid groups (broad SMARTS) is 1. The smallest absolute Gasteiger partial charge is 0.331 e. The Morgan fingerprint density at radius 1 is 1.53 bits per heavy atom. The van der Waals surface area contributed by atoms with Crippen molar-refractivity contribution in [3.63, 3.8) is 0 Å². The molecule has 1 N–H and O–H groups in total. The van der Waals surface area contributed by atoms with Crippen LogP contribution in [0.15, 0.2) is 0 Å². The molecule has 1 saturated heterocycles. The highest BCUT2D eigenvalue weighted by Crippen LogP contribution is 2.37. The molecule has 17 heavy (non-hydrogen) atoms. The third-order valence-corrected chi connectivity index (χ3v) is 3.95. The Morgan fingerprint density at radius 3 is 2.53 bits per heavy atom. The molecule has 2 rings (SSSR count). The van der Waals surface area contributed by atoms with Crippen LogP contribution in [0.3, 0.4) is 0 Å². The minimum Gasteiger partial charge on any atom is -0.479 e. The van der Waals surface area contributed by atoms with Crippen molar-refractivity contribution in [2.75, 3.05) is 13.1 Å². The third kappa shape index (κ3) is 2.04. The second kappa shape index (κ2) is 4.29. The minimum absolute atomic E-state index is 0.149. The normalized spacial score (nSPS) is 29.6. The van der Waals surface area contributed by atoms with Gasteiger partial charge in [-0.25, -0.2) is 4.79 Å². The number of likely N-dealkylation sites (tertiary alicyclic amines) is 1. The summed E-state index contributed by atoms with van der Waals surface area (Å²) < 4.78 is 0. The SMILES string of the molecule is CC(C)N1CCC(C(=O)O)(N(C=O)C2CC2)C1. The van der Waals surface area contributed by atoms with Gasteiger partial charge in [0.25, 0.3) is 0 Å². The molecule has 2 aliphatic rings. The van der Waals surface area contributed by atoms with Crippen LogP contribution in [-0.2, 0) is 9.59 Å². The van der Waals surface area contributed by atoms with E-state index >= 15 is 0 Å². The number of carbonyl (C=O) groups excluding carboxylic acids is 1. The Morgan fingerprint density at radius 2 is 2.18 bits per heavy atom. The van der Waals surface area contributed by atoms with Crippen LogP contribution in [0.4, 0.5) is 0 Å². The third-order valence-electron chi connectivity index (χ3n) is 3.95. The van der Waals surface area contributed by atoms with E-state index in [0.29, 0.717) is 19.0 Å². The molecule has 1 atom stereocenters. The van der Waals surface area contributed by atoms with Crippen molar-refractivity contribution < 1.29 is 14.7 Å². The van der Waals surface area contributed by atoms with E-state index in [0.717, 1.165) is 25.8 Å². The maximum Gasteiger partial charge on any atom is 0.331 e. The summed E-state index contributed by atoms with van der Waals surface area (Å²) in [5.74, 6) is -0.861. The fourth-order valence-electron chi connectivity index (χ4n) is 2.65. The van der Waals surface area contributed by atoms with Crippen LogP contribution in [0.2, 0.25) is 0 Å². The molecular formula is C12H20N2O3. The Bertz CT molecular complexity index is 328. The van der Waals surface area contributed by atoms with E-state index < -0.39 is 11.5 Å². The molecule has 1 aliphatic carbocycles. The van der Waals surface area contributed by atoms with Crippen LogP contribution in [0.5, 0.6) is 0 Å². The standard InChI is InChI=1S/C12H20N2O3/c1-9(2)13-6-5-12(7-13,11(16)17)14(8-15)10-3-4-10/h8-10H,3-7H2,1-2H3,(H,16,17). The maximum atomic E-state index is 11.6. The van der Waals surface area contributed by atoms with Gasteiger partial charge in [0.15, 0.2) is 5.54 Å².